The number of allylic oxidation sites excluding steroid dienone is 1. The second-order valence-electron chi connectivity index (χ2n) is 6.66. The van der Waals surface area contributed by atoms with Gasteiger partial charge < -0.3 is 10.6 Å². The van der Waals surface area contributed by atoms with Crippen LogP contribution >= 0.6 is 0 Å². The van der Waals surface area contributed by atoms with Gasteiger partial charge in [0, 0.05) is 13.1 Å². The topological polar surface area (TPSA) is 64.7 Å². The number of amides is 1. The number of hydrazine groups is 1. The maximum absolute atomic E-state index is 12.5. The molecule has 1 aromatic rings. The molecule has 0 saturated carbocycles. The minimum absolute atomic E-state index is 0.0824. The summed E-state index contributed by atoms with van der Waals surface area (Å²) in [5.74, 6) is 0.708. The molecule has 25 heavy (non-hydrogen) atoms. The van der Waals surface area contributed by atoms with Crippen molar-refractivity contribution in [2.45, 2.75) is 32.2 Å². The first-order chi connectivity index (χ1) is 12.1. The van der Waals surface area contributed by atoms with Crippen molar-refractivity contribution in [3.05, 3.63) is 53.5 Å². The highest BCUT2D eigenvalue weighted by Gasteiger charge is 2.35. The Morgan fingerprint density at radius 2 is 1.88 bits per heavy atom. The lowest BCUT2D eigenvalue weighted by Gasteiger charge is -2.44. The Balaban J connectivity index is 1.78. The van der Waals surface area contributed by atoms with Crippen molar-refractivity contribution < 1.29 is 9.59 Å². The largest absolute Gasteiger partial charge is 0.338 e. The number of anilines is 1. The Labute approximate surface area is 147 Å². The van der Waals surface area contributed by atoms with Crippen molar-refractivity contribution in [1.82, 2.24) is 15.3 Å². The summed E-state index contributed by atoms with van der Waals surface area (Å²) in [5, 5.41) is 10.6. The predicted octanol–water partition coefficient (Wildman–Crippen LogP) is 2.24. The van der Waals surface area contributed by atoms with E-state index < -0.39 is 0 Å². The zero-order chi connectivity index (χ0) is 17.4. The molecule has 130 valence electrons. The van der Waals surface area contributed by atoms with Gasteiger partial charge in [-0.05, 0) is 38.0 Å². The van der Waals surface area contributed by atoms with Gasteiger partial charge in [-0.25, -0.2) is 5.01 Å². The van der Waals surface area contributed by atoms with Crippen LogP contribution in [0, 0.1) is 0 Å². The Bertz CT molecular complexity index is 777. The van der Waals surface area contributed by atoms with E-state index in [1.807, 2.05) is 35.4 Å². The zero-order valence-electron chi connectivity index (χ0n) is 14.3. The number of hydrogen-bond donors (Lipinski definition) is 2. The zero-order valence-corrected chi connectivity index (χ0v) is 14.3. The Kier molecular flexibility index (Phi) is 4.05. The van der Waals surface area contributed by atoms with E-state index in [2.05, 4.69) is 15.6 Å². The molecule has 1 fully saturated rings. The van der Waals surface area contributed by atoms with Gasteiger partial charge in [0.1, 0.15) is 11.9 Å². The van der Waals surface area contributed by atoms with E-state index in [1.165, 1.54) is 6.42 Å². The van der Waals surface area contributed by atoms with Crippen LogP contribution in [0.5, 0.6) is 0 Å². The van der Waals surface area contributed by atoms with Crippen molar-refractivity contribution in [1.29, 1.82) is 0 Å². The summed E-state index contributed by atoms with van der Waals surface area (Å²) in [6.07, 6.45) is 7.13. The number of Topliss-reactive ketones (excluding diaryl/α,β-unsaturated/α-hetero) is 1. The van der Waals surface area contributed by atoms with Gasteiger partial charge in [0.05, 0.1) is 16.9 Å². The highest BCUT2D eigenvalue weighted by Crippen LogP contribution is 2.30. The van der Waals surface area contributed by atoms with Gasteiger partial charge in [-0.1, -0.05) is 24.6 Å². The fraction of sp³-hybridized carbons (Fsp3) is 0.368. The molecule has 0 aromatic heterocycles. The lowest BCUT2D eigenvalue weighted by molar-refractivity contribution is -0.127. The number of piperidine rings is 1. The Morgan fingerprint density at radius 1 is 1.12 bits per heavy atom. The third kappa shape index (κ3) is 2.82. The summed E-state index contributed by atoms with van der Waals surface area (Å²) >= 11 is 0. The van der Waals surface area contributed by atoms with Crippen LogP contribution in [0.1, 0.15) is 36.5 Å². The average molecular weight is 338 g/mol. The van der Waals surface area contributed by atoms with Crippen molar-refractivity contribution in [3.8, 4) is 0 Å². The van der Waals surface area contributed by atoms with Crippen LogP contribution in [0.3, 0.4) is 0 Å². The lowest BCUT2D eigenvalue weighted by atomic mass is 10.1. The number of ketones is 1. The molecular weight excluding hydrogens is 316 g/mol. The highest BCUT2D eigenvalue weighted by molar-refractivity contribution is 6.02. The van der Waals surface area contributed by atoms with Crippen LogP contribution in [0.15, 0.2) is 47.9 Å². The van der Waals surface area contributed by atoms with Crippen molar-refractivity contribution in [3.63, 3.8) is 0 Å². The molecule has 4 rings (SSSR count). The Hall–Kier alpha value is -2.60. The van der Waals surface area contributed by atoms with Gasteiger partial charge in [0.15, 0.2) is 5.78 Å². The standard InChI is InChI=1S/C19H22N4O2/c1-13(24)17-10-9-16-18(23(17)22-11-5-2-6-12-22)20-15-8-4-3-7-14(15)19(25)21-16/h3-4,7-10,17,20H,2,5-6,11-12H2,1H3,(H,21,25). The van der Waals surface area contributed by atoms with Gasteiger partial charge in [-0.3, -0.25) is 14.6 Å². The van der Waals surface area contributed by atoms with Crippen LogP contribution in [0.4, 0.5) is 5.69 Å². The average Bonchev–Trinajstić information content (AvgIpc) is 2.77. The van der Waals surface area contributed by atoms with Crippen LogP contribution < -0.4 is 10.6 Å². The molecular formula is C19H22N4O2. The fourth-order valence-electron chi connectivity index (χ4n) is 3.66. The minimum atomic E-state index is -0.355. The van der Waals surface area contributed by atoms with Crippen molar-refractivity contribution >= 4 is 17.4 Å². The molecule has 1 aromatic carbocycles. The number of rotatable bonds is 2. The number of hydrogen-bond acceptors (Lipinski definition) is 5. The number of carbonyl (C=O) groups is 2. The summed E-state index contributed by atoms with van der Waals surface area (Å²) < 4.78 is 0. The van der Waals surface area contributed by atoms with E-state index in [0.717, 1.165) is 37.4 Å². The first-order valence-corrected chi connectivity index (χ1v) is 8.79. The summed E-state index contributed by atoms with van der Waals surface area (Å²) in [6, 6.07) is 7.08. The minimum Gasteiger partial charge on any atom is -0.338 e. The monoisotopic (exact) mass is 338 g/mol. The molecule has 6 nitrogen and oxygen atoms in total. The number of para-hydroxylation sites is 1. The van der Waals surface area contributed by atoms with E-state index in [0.29, 0.717) is 11.3 Å². The van der Waals surface area contributed by atoms with Crippen LogP contribution in [0.2, 0.25) is 0 Å². The summed E-state index contributed by atoms with van der Waals surface area (Å²) in [7, 11) is 0. The second kappa shape index (κ2) is 6.37. The molecule has 0 bridgehead atoms. The first-order valence-electron chi connectivity index (χ1n) is 8.79. The molecule has 2 N–H and O–H groups in total. The van der Waals surface area contributed by atoms with E-state index >= 15 is 0 Å². The van der Waals surface area contributed by atoms with Crippen LogP contribution in [-0.2, 0) is 4.79 Å². The molecule has 1 atom stereocenters. The predicted molar refractivity (Wildman–Crippen MR) is 95.4 cm³/mol. The number of nitrogens with one attached hydrogen (secondary N) is 2. The molecule has 3 heterocycles. The molecule has 1 saturated heterocycles. The van der Waals surface area contributed by atoms with E-state index in [4.69, 9.17) is 0 Å². The number of carbonyl (C=O) groups excluding carboxylic acids is 2. The molecule has 1 unspecified atom stereocenters. The van der Waals surface area contributed by atoms with Gasteiger partial charge >= 0.3 is 0 Å². The van der Waals surface area contributed by atoms with E-state index in [1.54, 1.807) is 13.0 Å². The molecule has 0 spiro atoms. The number of fused-ring (bicyclic) bond motifs is 1. The maximum Gasteiger partial charge on any atom is 0.257 e. The van der Waals surface area contributed by atoms with Crippen LogP contribution in [0.25, 0.3) is 0 Å². The molecule has 3 aliphatic heterocycles. The maximum atomic E-state index is 12.5. The molecule has 6 heteroatoms. The van der Waals surface area contributed by atoms with Gasteiger partial charge in [-0.15, -0.1) is 0 Å². The molecule has 0 radical (unpaired) electrons. The third-order valence-corrected chi connectivity index (χ3v) is 4.92. The molecule has 0 aliphatic carbocycles. The lowest BCUT2D eigenvalue weighted by Crippen LogP contribution is -2.54. The number of benzene rings is 1. The van der Waals surface area contributed by atoms with E-state index in [-0.39, 0.29) is 17.7 Å². The summed E-state index contributed by atoms with van der Waals surface area (Å²) in [6.45, 7) is 3.43. The summed E-state index contributed by atoms with van der Waals surface area (Å²) in [5.41, 5.74) is 2.05. The fourth-order valence-corrected chi connectivity index (χ4v) is 3.66. The van der Waals surface area contributed by atoms with Gasteiger partial charge in [0.2, 0.25) is 0 Å². The normalized spacial score (nSPS) is 23.3. The molecule has 1 amide bonds. The second-order valence-corrected chi connectivity index (χ2v) is 6.66. The first kappa shape index (κ1) is 15.9. The number of nitrogens with zero attached hydrogens (tertiary/aromatic N) is 2. The van der Waals surface area contributed by atoms with Gasteiger partial charge in [0.25, 0.3) is 5.91 Å². The Morgan fingerprint density at radius 3 is 2.64 bits per heavy atom. The quantitative estimate of drug-likeness (QED) is 0.866. The SMILES string of the molecule is CC(=O)C1C=CC2=C(Nc3ccccc3C(=O)N2)N1N1CCCCC1. The van der Waals surface area contributed by atoms with E-state index in [9.17, 15) is 9.59 Å². The highest BCUT2D eigenvalue weighted by atomic mass is 16.2. The van der Waals surface area contributed by atoms with Crippen molar-refractivity contribution in [2.24, 2.45) is 0 Å². The van der Waals surface area contributed by atoms with Crippen LogP contribution in [-0.4, -0.2) is 40.8 Å². The van der Waals surface area contributed by atoms with Gasteiger partial charge in [-0.2, -0.15) is 0 Å². The smallest absolute Gasteiger partial charge is 0.257 e. The summed E-state index contributed by atoms with van der Waals surface area (Å²) in [4.78, 5) is 24.8. The van der Waals surface area contributed by atoms with Crippen molar-refractivity contribution in [2.75, 3.05) is 18.4 Å². The molecule has 3 aliphatic rings. The third-order valence-electron chi connectivity index (χ3n) is 4.92.